The zero-order valence-corrected chi connectivity index (χ0v) is 10.5. The third-order valence-electron chi connectivity index (χ3n) is 2.99. The van der Waals surface area contributed by atoms with E-state index < -0.39 is 0 Å². The molecule has 0 aromatic heterocycles. The lowest BCUT2D eigenvalue weighted by atomic mass is 10.0. The molecule has 94 valence electrons. The molecule has 18 heavy (non-hydrogen) atoms. The van der Waals surface area contributed by atoms with Gasteiger partial charge < -0.3 is 10.5 Å². The molecule has 0 spiro atoms. The first kappa shape index (κ1) is 12.4. The summed E-state index contributed by atoms with van der Waals surface area (Å²) in [4.78, 5) is 0. The minimum atomic E-state index is -0.347. The number of hydrogen-bond acceptors (Lipinski definition) is 2. The van der Waals surface area contributed by atoms with E-state index in [-0.39, 0.29) is 5.82 Å². The van der Waals surface area contributed by atoms with Gasteiger partial charge in [0, 0.05) is 6.07 Å². The maximum atomic E-state index is 13.1. The summed E-state index contributed by atoms with van der Waals surface area (Å²) in [6, 6.07) is 10.2. The van der Waals surface area contributed by atoms with Gasteiger partial charge in [-0.25, -0.2) is 4.39 Å². The molecule has 2 aromatic carbocycles. The second kappa shape index (κ2) is 5.08. The van der Waals surface area contributed by atoms with Crippen LogP contribution in [0.5, 0.6) is 5.75 Å². The van der Waals surface area contributed by atoms with Gasteiger partial charge in [0.05, 0.1) is 5.69 Å². The van der Waals surface area contributed by atoms with Gasteiger partial charge in [0.15, 0.2) is 0 Å². The molecule has 2 rings (SSSR count). The van der Waals surface area contributed by atoms with Crippen molar-refractivity contribution >= 4 is 5.69 Å². The lowest BCUT2D eigenvalue weighted by Gasteiger charge is -2.12. The second-order valence-corrected chi connectivity index (χ2v) is 4.34. The number of ether oxygens (including phenoxy) is 1. The van der Waals surface area contributed by atoms with Crippen LogP contribution in [0.15, 0.2) is 36.4 Å². The van der Waals surface area contributed by atoms with E-state index in [0.717, 1.165) is 16.7 Å². The van der Waals surface area contributed by atoms with Gasteiger partial charge in [0.2, 0.25) is 0 Å². The van der Waals surface area contributed by atoms with Gasteiger partial charge in [0.1, 0.15) is 18.2 Å². The first-order valence-electron chi connectivity index (χ1n) is 5.81. The van der Waals surface area contributed by atoms with Crippen molar-refractivity contribution in [3.05, 3.63) is 58.9 Å². The van der Waals surface area contributed by atoms with Gasteiger partial charge in [-0.15, -0.1) is 0 Å². The van der Waals surface area contributed by atoms with E-state index >= 15 is 0 Å². The number of anilines is 1. The van der Waals surface area contributed by atoms with E-state index in [0.29, 0.717) is 18.0 Å². The van der Waals surface area contributed by atoms with Crippen molar-refractivity contribution in [3.63, 3.8) is 0 Å². The molecule has 0 heterocycles. The van der Waals surface area contributed by atoms with Crippen LogP contribution in [0.4, 0.5) is 10.1 Å². The van der Waals surface area contributed by atoms with E-state index in [1.807, 2.05) is 32.0 Å². The topological polar surface area (TPSA) is 35.2 Å². The summed E-state index contributed by atoms with van der Waals surface area (Å²) < 4.78 is 18.7. The second-order valence-electron chi connectivity index (χ2n) is 4.34. The fraction of sp³-hybridized carbons (Fsp3) is 0.200. The summed E-state index contributed by atoms with van der Waals surface area (Å²) in [6.07, 6.45) is 0. The van der Waals surface area contributed by atoms with E-state index in [2.05, 4.69) is 0 Å². The highest BCUT2D eigenvalue weighted by Crippen LogP contribution is 2.24. The molecule has 0 bridgehead atoms. The molecule has 0 aliphatic heterocycles. The third-order valence-corrected chi connectivity index (χ3v) is 2.99. The fourth-order valence-corrected chi connectivity index (χ4v) is 1.86. The molecule has 0 atom stereocenters. The number of halogens is 1. The quantitative estimate of drug-likeness (QED) is 0.838. The molecule has 2 aromatic rings. The Morgan fingerprint density at radius 1 is 1.11 bits per heavy atom. The SMILES string of the molecule is Cc1cccc(C)c1COc1cc(F)ccc1N. The molecule has 0 aliphatic rings. The number of hydrogen-bond donors (Lipinski definition) is 1. The van der Waals surface area contributed by atoms with E-state index in [9.17, 15) is 4.39 Å². The van der Waals surface area contributed by atoms with Gasteiger partial charge in [-0.3, -0.25) is 0 Å². The van der Waals surface area contributed by atoms with Crippen molar-refractivity contribution < 1.29 is 9.13 Å². The van der Waals surface area contributed by atoms with Crippen LogP contribution in [0.3, 0.4) is 0 Å². The predicted molar refractivity (Wildman–Crippen MR) is 71.1 cm³/mol. The summed E-state index contributed by atoms with van der Waals surface area (Å²) in [6.45, 7) is 4.45. The Morgan fingerprint density at radius 2 is 1.78 bits per heavy atom. The molecular formula is C15H16FNO. The van der Waals surface area contributed by atoms with Crippen molar-refractivity contribution in [3.8, 4) is 5.75 Å². The average molecular weight is 245 g/mol. The van der Waals surface area contributed by atoms with Crippen LogP contribution in [-0.4, -0.2) is 0 Å². The molecule has 2 nitrogen and oxygen atoms in total. The number of rotatable bonds is 3. The van der Waals surface area contributed by atoms with Gasteiger partial charge in [0.25, 0.3) is 0 Å². The number of nitrogen functional groups attached to an aromatic ring is 1. The Hall–Kier alpha value is -2.03. The molecule has 0 saturated heterocycles. The minimum Gasteiger partial charge on any atom is -0.487 e. The molecule has 0 radical (unpaired) electrons. The summed E-state index contributed by atoms with van der Waals surface area (Å²) in [5, 5.41) is 0. The highest BCUT2D eigenvalue weighted by molar-refractivity contribution is 5.52. The summed E-state index contributed by atoms with van der Waals surface area (Å²) >= 11 is 0. The van der Waals surface area contributed by atoms with Crippen molar-refractivity contribution in [2.24, 2.45) is 0 Å². The minimum absolute atomic E-state index is 0.347. The number of benzene rings is 2. The van der Waals surface area contributed by atoms with Crippen LogP contribution in [-0.2, 0) is 6.61 Å². The van der Waals surface area contributed by atoms with Crippen LogP contribution in [0.25, 0.3) is 0 Å². The molecule has 2 N–H and O–H groups in total. The first-order valence-corrected chi connectivity index (χ1v) is 5.81. The van der Waals surface area contributed by atoms with E-state index in [4.69, 9.17) is 10.5 Å². The molecule has 3 heteroatoms. The predicted octanol–water partition coefficient (Wildman–Crippen LogP) is 3.60. The zero-order valence-electron chi connectivity index (χ0n) is 10.5. The Balaban J connectivity index is 2.19. The van der Waals surface area contributed by atoms with Crippen LogP contribution < -0.4 is 10.5 Å². The Labute approximate surface area is 106 Å². The van der Waals surface area contributed by atoms with Crippen LogP contribution in [0.2, 0.25) is 0 Å². The molecule has 0 amide bonds. The highest BCUT2D eigenvalue weighted by Gasteiger charge is 2.06. The number of nitrogens with two attached hydrogens (primary N) is 1. The summed E-state index contributed by atoms with van der Waals surface area (Å²) in [7, 11) is 0. The summed E-state index contributed by atoms with van der Waals surface area (Å²) in [5.41, 5.74) is 9.61. The lowest BCUT2D eigenvalue weighted by Crippen LogP contribution is -2.02. The van der Waals surface area contributed by atoms with Crippen molar-refractivity contribution in [2.45, 2.75) is 20.5 Å². The highest BCUT2D eigenvalue weighted by atomic mass is 19.1. The monoisotopic (exact) mass is 245 g/mol. The molecule has 0 unspecified atom stereocenters. The first-order chi connectivity index (χ1) is 8.58. The van der Waals surface area contributed by atoms with Crippen LogP contribution in [0.1, 0.15) is 16.7 Å². The van der Waals surface area contributed by atoms with Crippen molar-refractivity contribution in [1.82, 2.24) is 0 Å². The molecule has 0 saturated carbocycles. The Kier molecular flexibility index (Phi) is 3.51. The lowest BCUT2D eigenvalue weighted by molar-refractivity contribution is 0.305. The smallest absolute Gasteiger partial charge is 0.145 e. The maximum Gasteiger partial charge on any atom is 0.145 e. The molecular weight excluding hydrogens is 229 g/mol. The average Bonchev–Trinajstić information content (AvgIpc) is 2.33. The molecule has 0 aliphatic carbocycles. The largest absolute Gasteiger partial charge is 0.487 e. The third kappa shape index (κ3) is 2.62. The summed E-state index contributed by atoms with van der Waals surface area (Å²) in [5.74, 6) is 0.0401. The normalized spacial score (nSPS) is 10.4. The van der Waals surface area contributed by atoms with Gasteiger partial charge in [-0.2, -0.15) is 0 Å². The Bertz CT molecular complexity index is 546. The molecule has 0 fully saturated rings. The van der Waals surface area contributed by atoms with Gasteiger partial charge >= 0.3 is 0 Å². The zero-order chi connectivity index (χ0) is 13.1. The van der Waals surface area contributed by atoms with E-state index in [1.54, 1.807) is 0 Å². The number of aryl methyl sites for hydroxylation is 2. The van der Waals surface area contributed by atoms with E-state index in [1.165, 1.54) is 18.2 Å². The van der Waals surface area contributed by atoms with Crippen LogP contribution >= 0.6 is 0 Å². The van der Waals surface area contributed by atoms with Gasteiger partial charge in [-0.05, 0) is 42.7 Å². The Morgan fingerprint density at radius 3 is 2.44 bits per heavy atom. The van der Waals surface area contributed by atoms with Crippen LogP contribution in [0, 0.1) is 19.7 Å². The maximum absolute atomic E-state index is 13.1. The van der Waals surface area contributed by atoms with Crippen molar-refractivity contribution in [2.75, 3.05) is 5.73 Å². The fourth-order valence-electron chi connectivity index (χ4n) is 1.86. The van der Waals surface area contributed by atoms with Gasteiger partial charge in [-0.1, -0.05) is 18.2 Å². The van der Waals surface area contributed by atoms with Crippen molar-refractivity contribution in [1.29, 1.82) is 0 Å². The standard InChI is InChI=1S/C15H16FNO/c1-10-4-3-5-11(2)13(10)9-18-15-8-12(16)6-7-14(15)17/h3-8H,9,17H2,1-2H3.